The molecule has 78 valence electrons. The van der Waals surface area contributed by atoms with Crippen molar-refractivity contribution in [2.24, 2.45) is 0 Å². The Kier molecular flexibility index (Phi) is 7.81. The quantitative estimate of drug-likeness (QED) is 0.664. The zero-order chi connectivity index (χ0) is 10.8. The van der Waals surface area contributed by atoms with Gasteiger partial charge in [-0.05, 0) is 12.8 Å². The van der Waals surface area contributed by atoms with Gasteiger partial charge >= 0.3 is 0 Å². The van der Waals surface area contributed by atoms with E-state index < -0.39 is 0 Å². The second kappa shape index (κ2) is 8.49. The van der Waals surface area contributed by atoms with Gasteiger partial charge in [0.1, 0.15) is 0 Å². The van der Waals surface area contributed by atoms with Crippen LogP contribution in [-0.4, -0.2) is 5.78 Å². The third-order valence-corrected chi connectivity index (χ3v) is 1.78. The molecular weight excluding hydrogens is 172 g/mol. The molecule has 1 heteroatoms. The molecule has 1 nitrogen and oxygen atoms in total. The summed E-state index contributed by atoms with van der Waals surface area (Å²) in [6.45, 7) is 6.02. The van der Waals surface area contributed by atoms with Gasteiger partial charge in [0.15, 0.2) is 5.78 Å². The first-order valence-electron chi connectivity index (χ1n) is 5.41. The molecule has 0 bridgehead atoms. The average molecular weight is 192 g/mol. The second-order valence-electron chi connectivity index (χ2n) is 2.86. The van der Waals surface area contributed by atoms with E-state index in [1.165, 1.54) is 0 Å². The number of carbonyl (C=O) groups excluding carboxylic acids is 1. The van der Waals surface area contributed by atoms with Crippen molar-refractivity contribution in [1.82, 2.24) is 0 Å². The number of hydrogen-bond acceptors (Lipinski definition) is 1. The Bertz CT molecular complexity index is 244. The second-order valence-corrected chi connectivity index (χ2v) is 2.86. The van der Waals surface area contributed by atoms with Crippen molar-refractivity contribution in [2.75, 3.05) is 0 Å². The van der Waals surface area contributed by atoms with Gasteiger partial charge in [-0.25, -0.2) is 0 Å². The maximum atomic E-state index is 11.4. The van der Waals surface area contributed by atoms with Gasteiger partial charge in [0.25, 0.3) is 0 Å². The van der Waals surface area contributed by atoms with E-state index in [9.17, 15) is 4.79 Å². The van der Waals surface area contributed by atoms with E-state index in [1.54, 1.807) is 0 Å². The van der Waals surface area contributed by atoms with Gasteiger partial charge in [0.05, 0.1) is 0 Å². The van der Waals surface area contributed by atoms with Gasteiger partial charge in [0, 0.05) is 12.0 Å². The lowest BCUT2D eigenvalue weighted by Gasteiger charge is -1.96. The zero-order valence-corrected chi connectivity index (χ0v) is 9.42. The van der Waals surface area contributed by atoms with Crippen LogP contribution in [0.3, 0.4) is 0 Å². The number of allylic oxidation sites excluding steroid dienone is 6. The van der Waals surface area contributed by atoms with Crippen LogP contribution in [0.5, 0.6) is 0 Å². The predicted molar refractivity (Wildman–Crippen MR) is 62.2 cm³/mol. The Morgan fingerprint density at radius 2 is 2.07 bits per heavy atom. The molecule has 1 aliphatic carbocycles. The van der Waals surface area contributed by atoms with Crippen molar-refractivity contribution in [1.29, 1.82) is 0 Å². The lowest BCUT2D eigenvalue weighted by molar-refractivity contribution is -0.115. The predicted octanol–water partition coefficient (Wildman–Crippen LogP) is 3.82. The number of Topliss-reactive ketones (excluding diaryl/α,β-unsaturated/α-hetero) is 1. The summed E-state index contributed by atoms with van der Waals surface area (Å²) in [6.07, 6.45) is 12.3. The summed E-state index contributed by atoms with van der Waals surface area (Å²) in [4.78, 5) is 11.4. The van der Waals surface area contributed by atoms with E-state index in [0.717, 1.165) is 18.4 Å². The number of rotatable bonds is 3. The highest BCUT2D eigenvalue weighted by Crippen LogP contribution is 2.08. The minimum Gasteiger partial charge on any atom is -0.294 e. The molecule has 0 aromatic carbocycles. The molecule has 0 radical (unpaired) electrons. The van der Waals surface area contributed by atoms with E-state index in [-0.39, 0.29) is 5.78 Å². The van der Waals surface area contributed by atoms with Gasteiger partial charge in [-0.2, -0.15) is 0 Å². The van der Waals surface area contributed by atoms with Crippen LogP contribution < -0.4 is 0 Å². The molecular formula is C13H20O. The normalized spacial score (nSPS) is 13.8. The molecule has 0 N–H and O–H groups in total. The molecule has 0 heterocycles. The van der Waals surface area contributed by atoms with Gasteiger partial charge in [0.2, 0.25) is 0 Å². The minimum atomic E-state index is 0.250. The summed E-state index contributed by atoms with van der Waals surface area (Å²) in [5, 5.41) is 0. The van der Waals surface area contributed by atoms with Gasteiger partial charge in [-0.15, -0.1) is 0 Å². The van der Waals surface area contributed by atoms with Crippen LogP contribution in [-0.2, 0) is 4.79 Å². The summed E-state index contributed by atoms with van der Waals surface area (Å²) < 4.78 is 0. The molecule has 1 aliphatic rings. The third kappa shape index (κ3) is 4.80. The molecule has 0 fully saturated rings. The molecule has 1 rings (SSSR count). The highest BCUT2D eigenvalue weighted by Gasteiger charge is 2.03. The maximum absolute atomic E-state index is 11.4. The Morgan fingerprint density at radius 3 is 2.71 bits per heavy atom. The summed E-state index contributed by atoms with van der Waals surface area (Å²) in [7, 11) is 0. The van der Waals surface area contributed by atoms with Crippen molar-refractivity contribution in [3.63, 3.8) is 0 Å². The third-order valence-electron chi connectivity index (χ3n) is 1.78. The Hall–Kier alpha value is -1.11. The molecule has 0 saturated carbocycles. The summed E-state index contributed by atoms with van der Waals surface area (Å²) >= 11 is 0. The van der Waals surface area contributed by atoms with Crippen molar-refractivity contribution in [3.05, 3.63) is 36.0 Å². The van der Waals surface area contributed by atoms with Gasteiger partial charge in [-0.1, -0.05) is 51.2 Å². The van der Waals surface area contributed by atoms with Gasteiger partial charge in [-0.3, -0.25) is 4.79 Å². The largest absolute Gasteiger partial charge is 0.294 e. The standard InChI is InChI=1S/C11H14O.C2H6/c1-2-7-11(12)10-8-5-3-4-6-9-10;1-2/h3,5-6,8-9H,2,4,7H2,1H3;1-2H3. The fourth-order valence-corrected chi connectivity index (χ4v) is 1.14. The molecule has 0 amide bonds. The average Bonchev–Trinajstić information content (AvgIpc) is 2.49. The first-order valence-corrected chi connectivity index (χ1v) is 5.41. The summed E-state index contributed by atoms with van der Waals surface area (Å²) in [5.41, 5.74) is 0.839. The van der Waals surface area contributed by atoms with Crippen LogP contribution in [0.1, 0.15) is 40.0 Å². The zero-order valence-electron chi connectivity index (χ0n) is 9.42. The maximum Gasteiger partial charge on any atom is 0.162 e. The van der Waals surface area contributed by atoms with E-state index in [0.29, 0.717) is 6.42 Å². The van der Waals surface area contributed by atoms with Crippen LogP contribution >= 0.6 is 0 Å². The molecule has 0 aromatic heterocycles. The van der Waals surface area contributed by atoms with E-state index in [4.69, 9.17) is 0 Å². The van der Waals surface area contributed by atoms with E-state index in [1.807, 2.05) is 51.2 Å². The Morgan fingerprint density at radius 1 is 1.36 bits per heavy atom. The van der Waals surface area contributed by atoms with Crippen molar-refractivity contribution >= 4 is 5.78 Å². The van der Waals surface area contributed by atoms with E-state index in [2.05, 4.69) is 0 Å². The summed E-state index contributed by atoms with van der Waals surface area (Å²) in [5.74, 6) is 0.250. The summed E-state index contributed by atoms with van der Waals surface area (Å²) in [6, 6.07) is 0. The van der Waals surface area contributed by atoms with Crippen LogP contribution in [0.4, 0.5) is 0 Å². The van der Waals surface area contributed by atoms with Crippen molar-refractivity contribution in [2.45, 2.75) is 40.0 Å². The molecule has 0 spiro atoms. The first kappa shape index (κ1) is 12.9. The minimum absolute atomic E-state index is 0.250. The number of carbonyl (C=O) groups is 1. The van der Waals surface area contributed by atoms with Crippen molar-refractivity contribution in [3.8, 4) is 0 Å². The molecule has 0 aliphatic heterocycles. The lowest BCUT2D eigenvalue weighted by Crippen LogP contribution is -1.98. The SMILES string of the molecule is CC.CCCC(=O)C1=CC=CCC=C1. The highest BCUT2D eigenvalue weighted by molar-refractivity contribution is 5.98. The van der Waals surface area contributed by atoms with Crippen LogP contribution in [0.15, 0.2) is 36.0 Å². The molecule has 0 unspecified atom stereocenters. The van der Waals surface area contributed by atoms with E-state index >= 15 is 0 Å². The molecule has 0 atom stereocenters. The smallest absolute Gasteiger partial charge is 0.162 e. The van der Waals surface area contributed by atoms with Crippen LogP contribution in [0.2, 0.25) is 0 Å². The highest BCUT2D eigenvalue weighted by atomic mass is 16.1. The lowest BCUT2D eigenvalue weighted by atomic mass is 10.1. The first-order chi connectivity index (χ1) is 6.84. The van der Waals surface area contributed by atoms with Crippen molar-refractivity contribution < 1.29 is 4.79 Å². The number of ketones is 1. The van der Waals surface area contributed by atoms with Gasteiger partial charge < -0.3 is 0 Å². The fourth-order valence-electron chi connectivity index (χ4n) is 1.14. The van der Waals surface area contributed by atoms with Crippen LogP contribution in [0, 0.1) is 0 Å². The Balaban J connectivity index is 0.000000791. The fraction of sp³-hybridized carbons (Fsp3) is 0.462. The Labute approximate surface area is 87.2 Å². The topological polar surface area (TPSA) is 17.1 Å². The molecule has 14 heavy (non-hydrogen) atoms. The molecule has 0 aromatic rings. The van der Waals surface area contributed by atoms with Crippen LogP contribution in [0.25, 0.3) is 0 Å². The molecule has 0 saturated heterocycles. The number of hydrogen-bond donors (Lipinski definition) is 0. The monoisotopic (exact) mass is 192 g/mol.